The molecule has 0 amide bonds. The van der Waals surface area contributed by atoms with Crippen LogP contribution in [0, 0.1) is 5.82 Å². The molecule has 0 saturated carbocycles. The highest BCUT2D eigenvalue weighted by atomic mass is 19.1. The van der Waals surface area contributed by atoms with E-state index in [0.29, 0.717) is 13.1 Å². The molecule has 28 heavy (non-hydrogen) atoms. The summed E-state index contributed by atoms with van der Waals surface area (Å²) in [6.45, 7) is 3.09. The standard InChI is InChI=1S/C22H31FN4O/c1-24-22(25-13-12-18-6-4-7-20(23)16-18)26-17-19-8-10-21(11-9-19)28-15-5-14-27(2)3/h4,6-11,16H,5,12-15,17H2,1-3H3,(H2,24,25,26). The number of aliphatic imine (C=N–C) groups is 1. The Morgan fingerprint density at radius 3 is 2.54 bits per heavy atom. The number of nitrogens with one attached hydrogen (secondary N) is 2. The zero-order valence-electron chi connectivity index (χ0n) is 17.0. The van der Waals surface area contributed by atoms with Gasteiger partial charge in [0, 0.05) is 26.7 Å². The Kier molecular flexibility index (Phi) is 9.28. The zero-order valence-corrected chi connectivity index (χ0v) is 17.0. The van der Waals surface area contributed by atoms with Crippen molar-refractivity contribution >= 4 is 5.96 Å². The van der Waals surface area contributed by atoms with Crippen LogP contribution in [0.25, 0.3) is 0 Å². The molecule has 2 N–H and O–H groups in total. The molecule has 2 aromatic rings. The van der Waals surface area contributed by atoms with Gasteiger partial charge < -0.3 is 20.3 Å². The van der Waals surface area contributed by atoms with E-state index in [2.05, 4.69) is 34.6 Å². The van der Waals surface area contributed by atoms with Gasteiger partial charge in [0.1, 0.15) is 11.6 Å². The number of hydrogen-bond acceptors (Lipinski definition) is 3. The number of hydrogen-bond donors (Lipinski definition) is 2. The highest BCUT2D eigenvalue weighted by Gasteiger charge is 2.01. The van der Waals surface area contributed by atoms with Gasteiger partial charge in [-0.05, 0) is 62.3 Å². The van der Waals surface area contributed by atoms with Crippen LogP contribution in [0.1, 0.15) is 17.5 Å². The molecule has 0 aliphatic heterocycles. The number of guanidine groups is 1. The Labute approximate surface area is 167 Å². The molecule has 5 nitrogen and oxygen atoms in total. The van der Waals surface area contributed by atoms with Crippen molar-refractivity contribution in [3.63, 3.8) is 0 Å². The molecule has 2 aromatic carbocycles. The average molecular weight is 387 g/mol. The van der Waals surface area contributed by atoms with Crippen LogP contribution in [0.15, 0.2) is 53.5 Å². The molecule has 0 aromatic heterocycles. The fraction of sp³-hybridized carbons (Fsp3) is 0.409. The first-order chi connectivity index (χ1) is 13.6. The minimum Gasteiger partial charge on any atom is -0.494 e. The first-order valence-corrected chi connectivity index (χ1v) is 9.62. The van der Waals surface area contributed by atoms with Crippen LogP contribution >= 0.6 is 0 Å². The summed E-state index contributed by atoms with van der Waals surface area (Å²) in [5.41, 5.74) is 2.11. The van der Waals surface area contributed by atoms with E-state index in [4.69, 9.17) is 4.74 Å². The van der Waals surface area contributed by atoms with Gasteiger partial charge in [-0.1, -0.05) is 24.3 Å². The van der Waals surface area contributed by atoms with E-state index in [1.54, 1.807) is 19.2 Å². The maximum Gasteiger partial charge on any atom is 0.191 e. The number of nitrogens with zero attached hydrogens (tertiary/aromatic N) is 2. The van der Waals surface area contributed by atoms with Gasteiger partial charge >= 0.3 is 0 Å². The van der Waals surface area contributed by atoms with Crippen molar-refractivity contribution in [1.82, 2.24) is 15.5 Å². The molecule has 0 saturated heterocycles. The number of benzene rings is 2. The van der Waals surface area contributed by atoms with Crippen molar-refractivity contribution in [2.24, 2.45) is 4.99 Å². The molecule has 0 atom stereocenters. The van der Waals surface area contributed by atoms with Crippen molar-refractivity contribution in [2.75, 3.05) is 40.8 Å². The van der Waals surface area contributed by atoms with Crippen molar-refractivity contribution < 1.29 is 9.13 Å². The second-order valence-corrected chi connectivity index (χ2v) is 6.88. The largest absolute Gasteiger partial charge is 0.494 e. The van der Waals surface area contributed by atoms with Gasteiger partial charge in [0.15, 0.2) is 5.96 Å². The van der Waals surface area contributed by atoms with Crippen molar-refractivity contribution in [2.45, 2.75) is 19.4 Å². The van der Waals surface area contributed by atoms with E-state index in [0.717, 1.165) is 48.8 Å². The maximum absolute atomic E-state index is 13.2. The molecule has 0 unspecified atom stereocenters. The zero-order chi connectivity index (χ0) is 20.2. The van der Waals surface area contributed by atoms with Gasteiger partial charge in [0.25, 0.3) is 0 Å². The van der Waals surface area contributed by atoms with E-state index in [1.807, 2.05) is 30.3 Å². The van der Waals surface area contributed by atoms with Crippen LogP contribution in [-0.2, 0) is 13.0 Å². The second-order valence-electron chi connectivity index (χ2n) is 6.88. The summed E-state index contributed by atoms with van der Waals surface area (Å²) in [6, 6.07) is 14.8. The SMILES string of the molecule is CN=C(NCCc1cccc(F)c1)NCc1ccc(OCCCN(C)C)cc1. The summed E-state index contributed by atoms with van der Waals surface area (Å²) in [5, 5.41) is 6.54. The molecule has 0 radical (unpaired) electrons. The number of ether oxygens (including phenoxy) is 1. The predicted octanol–water partition coefficient (Wildman–Crippen LogP) is 3.06. The van der Waals surface area contributed by atoms with Crippen LogP contribution < -0.4 is 15.4 Å². The summed E-state index contributed by atoms with van der Waals surface area (Å²) >= 11 is 0. The Morgan fingerprint density at radius 1 is 1.07 bits per heavy atom. The summed E-state index contributed by atoms with van der Waals surface area (Å²) in [5.74, 6) is 1.41. The van der Waals surface area contributed by atoms with Crippen LogP contribution in [0.3, 0.4) is 0 Å². The molecule has 0 aliphatic rings. The molecule has 0 aliphatic carbocycles. The molecule has 2 rings (SSSR count). The fourth-order valence-corrected chi connectivity index (χ4v) is 2.70. The second kappa shape index (κ2) is 12.0. The number of rotatable bonds is 10. The van der Waals surface area contributed by atoms with Gasteiger partial charge in [0.2, 0.25) is 0 Å². The molecule has 152 valence electrons. The quantitative estimate of drug-likeness (QED) is 0.374. The number of halogens is 1. The molecule has 6 heteroatoms. The predicted molar refractivity (Wildman–Crippen MR) is 113 cm³/mol. The Hall–Kier alpha value is -2.60. The summed E-state index contributed by atoms with van der Waals surface area (Å²) in [6.07, 6.45) is 1.74. The van der Waals surface area contributed by atoms with E-state index in [1.165, 1.54) is 6.07 Å². The lowest BCUT2D eigenvalue weighted by atomic mass is 10.1. The van der Waals surface area contributed by atoms with Crippen molar-refractivity contribution in [3.05, 3.63) is 65.5 Å². The summed E-state index contributed by atoms with van der Waals surface area (Å²) in [7, 11) is 5.86. The topological polar surface area (TPSA) is 48.9 Å². The van der Waals surface area contributed by atoms with Crippen molar-refractivity contribution in [3.8, 4) is 5.75 Å². The van der Waals surface area contributed by atoms with E-state index in [9.17, 15) is 4.39 Å². The molecule has 0 heterocycles. The summed E-state index contributed by atoms with van der Waals surface area (Å²) < 4.78 is 19.0. The smallest absolute Gasteiger partial charge is 0.191 e. The van der Waals surface area contributed by atoms with Crippen LogP contribution in [0.4, 0.5) is 4.39 Å². The van der Waals surface area contributed by atoms with Gasteiger partial charge in [0.05, 0.1) is 6.61 Å². The third-order valence-electron chi connectivity index (χ3n) is 4.22. The third kappa shape index (κ3) is 8.39. The van der Waals surface area contributed by atoms with Gasteiger partial charge in [-0.25, -0.2) is 4.39 Å². The minimum atomic E-state index is -0.204. The maximum atomic E-state index is 13.2. The Bertz CT molecular complexity index is 732. The van der Waals surface area contributed by atoms with Gasteiger partial charge in [-0.3, -0.25) is 4.99 Å². The summed E-state index contributed by atoms with van der Waals surface area (Å²) in [4.78, 5) is 6.38. The molecule has 0 spiro atoms. The Balaban J connectivity index is 1.69. The molecule has 0 fully saturated rings. The van der Waals surface area contributed by atoms with E-state index in [-0.39, 0.29) is 5.82 Å². The minimum absolute atomic E-state index is 0.204. The van der Waals surface area contributed by atoms with E-state index >= 15 is 0 Å². The normalized spacial score (nSPS) is 11.5. The van der Waals surface area contributed by atoms with Gasteiger partial charge in [-0.2, -0.15) is 0 Å². The van der Waals surface area contributed by atoms with Crippen LogP contribution in [-0.4, -0.2) is 51.7 Å². The molecule has 0 bridgehead atoms. The highest BCUT2D eigenvalue weighted by Crippen LogP contribution is 2.12. The van der Waals surface area contributed by atoms with Crippen molar-refractivity contribution in [1.29, 1.82) is 0 Å². The lowest BCUT2D eigenvalue weighted by Gasteiger charge is -2.13. The monoisotopic (exact) mass is 386 g/mol. The van der Waals surface area contributed by atoms with Gasteiger partial charge in [-0.15, -0.1) is 0 Å². The highest BCUT2D eigenvalue weighted by molar-refractivity contribution is 5.79. The first-order valence-electron chi connectivity index (χ1n) is 9.62. The molecular formula is C22H31FN4O. The van der Waals surface area contributed by atoms with E-state index < -0.39 is 0 Å². The first kappa shape index (κ1) is 21.7. The average Bonchev–Trinajstić information content (AvgIpc) is 2.69. The third-order valence-corrected chi connectivity index (χ3v) is 4.22. The van der Waals surface area contributed by atoms with Crippen LogP contribution in [0.2, 0.25) is 0 Å². The lowest BCUT2D eigenvalue weighted by Crippen LogP contribution is -2.37. The Morgan fingerprint density at radius 2 is 1.86 bits per heavy atom. The fourth-order valence-electron chi connectivity index (χ4n) is 2.70. The van der Waals surface area contributed by atoms with Crippen LogP contribution in [0.5, 0.6) is 5.75 Å². The lowest BCUT2D eigenvalue weighted by molar-refractivity contribution is 0.281. The molecular weight excluding hydrogens is 355 g/mol.